The van der Waals surface area contributed by atoms with Crippen LogP contribution in [0.3, 0.4) is 0 Å². The molecular weight excluding hydrogens is 398 g/mol. The van der Waals surface area contributed by atoms with Gasteiger partial charge in [-0.3, -0.25) is 4.79 Å². The summed E-state index contributed by atoms with van der Waals surface area (Å²) in [6.07, 6.45) is 0.00517. The Morgan fingerprint density at radius 3 is 2.64 bits per heavy atom. The minimum atomic E-state index is -3.63. The number of thiazole rings is 1. The highest BCUT2D eigenvalue weighted by Crippen LogP contribution is 2.29. The molecule has 0 fully saturated rings. The number of carbonyl (C=O) groups is 1. The summed E-state index contributed by atoms with van der Waals surface area (Å²) in [7, 11) is -3.63. The summed E-state index contributed by atoms with van der Waals surface area (Å²) in [5, 5.41) is 3.18. The number of ether oxygens (including phenoxy) is 1. The molecule has 1 heterocycles. The van der Waals surface area contributed by atoms with Gasteiger partial charge in [-0.25, -0.2) is 18.1 Å². The molecule has 7 nitrogen and oxygen atoms in total. The molecule has 3 rings (SSSR count). The lowest BCUT2D eigenvalue weighted by Gasteiger charge is -2.07. The van der Waals surface area contributed by atoms with E-state index in [4.69, 9.17) is 4.74 Å². The van der Waals surface area contributed by atoms with Gasteiger partial charge in [0.2, 0.25) is 15.9 Å². The van der Waals surface area contributed by atoms with E-state index in [0.29, 0.717) is 11.7 Å². The van der Waals surface area contributed by atoms with Gasteiger partial charge in [0.15, 0.2) is 5.13 Å². The van der Waals surface area contributed by atoms with Crippen LogP contribution in [0.4, 0.5) is 5.13 Å². The molecule has 148 valence electrons. The normalized spacial score (nSPS) is 11.5. The van der Waals surface area contributed by atoms with E-state index in [9.17, 15) is 13.2 Å². The molecule has 0 aliphatic heterocycles. The highest BCUT2D eigenvalue weighted by Gasteiger charge is 2.14. The third-order valence-corrected chi connectivity index (χ3v) is 6.30. The standard InChI is InChI=1S/C19H21N3O4S2/c1-3-26-14-6-9-16-17(12-14)27-19(21-16)22-18(23)10-11-20-28(24,25)15-7-4-13(2)5-8-15/h4-9,12,20H,3,10-11H2,1-2H3,(H,21,22,23). The minimum Gasteiger partial charge on any atom is -0.494 e. The lowest BCUT2D eigenvalue weighted by Crippen LogP contribution is -2.27. The smallest absolute Gasteiger partial charge is 0.240 e. The van der Waals surface area contributed by atoms with Crippen LogP contribution in [0.2, 0.25) is 0 Å². The number of carbonyl (C=O) groups excluding carboxylic acids is 1. The summed E-state index contributed by atoms with van der Waals surface area (Å²) in [6, 6.07) is 12.1. The molecule has 0 unspecified atom stereocenters. The van der Waals surface area contributed by atoms with E-state index in [-0.39, 0.29) is 23.8 Å². The van der Waals surface area contributed by atoms with Crippen LogP contribution in [0.1, 0.15) is 18.9 Å². The average molecular weight is 420 g/mol. The predicted octanol–water partition coefficient (Wildman–Crippen LogP) is 3.31. The highest BCUT2D eigenvalue weighted by molar-refractivity contribution is 7.89. The predicted molar refractivity (Wildman–Crippen MR) is 110 cm³/mol. The minimum absolute atomic E-state index is 0.00142. The van der Waals surface area contributed by atoms with E-state index in [2.05, 4.69) is 15.0 Å². The topological polar surface area (TPSA) is 97.4 Å². The molecule has 0 saturated heterocycles. The third-order valence-electron chi connectivity index (χ3n) is 3.89. The zero-order valence-electron chi connectivity index (χ0n) is 15.6. The molecule has 0 aliphatic rings. The second-order valence-electron chi connectivity index (χ2n) is 6.09. The van der Waals surface area contributed by atoms with Crippen LogP contribution in [-0.2, 0) is 14.8 Å². The van der Waals surface area contributed by atoms with Crippen molar-refractivity contribution >= 4 is 42.6 Å². The summed E-state index contributed by atoms with van der Waals surface area (Å²) in [5.74, 6) is 0.442. The van der Waals surface area contributed by atoms with Gasteiger partial charge < -0.3 is 10.1 Å². The number of hydrogen-bond acceptors (Lipinski definition) is 6. The Morgan fingerprint density at radius 1 is 1.18 bits per heavy atom. The Morgan fingerprint density at radius 2 is 1.93 bits per heavy atom. The van der Waals surface area contributed by atoms with Gasteiger partial charge in [-0.2, -0.15) is 0 Å². The first-order valence-electron chi connectivity index (χ1n) is 8.77. The number of nitrogens with one attached hydrogen (secondary N) is 2. The van der Waals surface area contributed by atoms with Gasteiger partial charge in [-0.15, -0.1) is 0 Å². The highest BCUT2D eigenvalue weighted by atomic mass is 32.2. The lowest BCUT2D eigenvalue weighted by atomic mass is 10.2. The van der Waals surface area contributed by atoms with Crippen molar-refractivity contribution in [2.75, 3.05) is 18.5 Å². The number of aromatic nitrogens is 1. The summed E-state index contributed by atoms with van der Waals surface area (Å²) in [4.78, 5) is 16.7. The Hall–Kier alpha value is -2.49. The molecule has 0 aliphatic carbocycles. The average Bonchev–Trinajstić information content (AvgIpc) is 3.03. The molecule has 0 atom stereocenters. The molecule has 0 radical (unpaired) electrons. The van der Waals surface area contributed by atoms with E-state index in [1.807, 2.05) is 32.0 Å². The SMILES string of the molecule is CCOc1ccc2nc(NC(=O)CCNS(=O)(=O)c3ccc(C)cc3)sc2c1. The molecule has 2 N–H and O–H groups in total. The van der Waals surface area contributed by atoms with Gasteiger partial charge in [0.1, 0.15) is 5.75 Å². The van der Waals surface area contributed by atoms with Crippen LogP contribution in [0.25, 0.3) is 10.2 Å². The Bertz CT molecular complexity index is 1080. The second-order valence-corrected chi connectivity index (χ2v) is 8.89. The first-order valence-corrected chi connectivity index (χ1v) is 11.1. The number of amides is 1. The van der Waals surface area contributed by atoms with Gasteiger partial charge in [0.05, 0.1) is 21.7 Å². The largest absolute Gasteiger partial charge is 0.494 e. The van der Waals surface area contributed by atoms with Crippen molar-refractivity contribution in [3.63, 3.8) is 0 Å². The third kappa shape index (κ3) is 5.06. The molecule has 9 heteroatoms. The first-order chi connectivity index (χ1) is 13.4. The molecule has 0 bridgehead atoms. The van der Waals surface area contributed by atoms with Gasteiger partial charge in [-0.05, 0) is 44.2 Å². The van der Waals surface area contributed by atoms with Gasteiger partial charge in [0.25, 0.3) is 0 Å². The maximum Gasteiger partial charge on any atom is 0.240 e. The number of aryl methyl sites for hydroxylation is 1. The fourth-order valence-corrected chi connectivity index (χ4v) is 4.44. The number of anilines is 1. The summed E-state index contributed by atoms with van der Waals surface area (Å²) in [6.45, 7) is 4.37. The van der Waals surface area contributed by atoms with Crippen molar-refractivity contribution in [1.82, 2.24) is 9.71 Å². The summed E-state index contributed by atoms with van der Waals surface area (Å²) < 4.78 is 33.2. The number of rotatable bonds is 8. The van der Waals surface area contributed by atoms with Crippen molar-refractivity contribution in [2.24, 2.45) is 0 Å². The number of nitrogens with zero attached hydrogens (tertiary/aromatic N) is 1. The van der Waals surface area contributed by atoms with E-state index >= 15 is 0 Å². The van der Waals surface area contributed by atoms with Gasteiger partial charge >= 0.3 is 0 Å². The van der Waals surface area contributed by atoms with E-state index in [1.54, 1.807) is 12.1 Å². The number of fused-ring (bicyclic) bond motifs is 1. The maximum absolute atomic E-state index is 12.2. The Kier molecular flexibility index (Phi) is 6.28. The van der Waals surface area contributed by atoms with Crippen molar-refractivity contribution in [3.05, 3.63) is 48.0 Å². The monoisotopic (exact) mass is 419 g/mol. The molecule has 3 aromatic rings. The van der Waals surface area contributed by atoms with Crippen LogP contribution in [0, 0.1) is 6.92 Å². The number of hydrogen-bond donors (Lipinski definition) is 2. The van der Waals surface area contributed by atoms with Crippen LogP contribution < -0.4 is 14.8 Å². The van der Waals surface area contributed by atoms with Crippen molar-refractivity contribution in [1.29, 1.82) is 0 Å². The number of benzene rings is 2. The Labute approximate surface area is 167 Å². The molecule has 2 aromatic carbocycles. The van der Waals surface area contributed by atoms with E-state index in [0.717, 1.165) is 21.5 Å². The fourth-order valence-electron chi connectivity index (χ4n) is 2.50. The molecule has 1 aromatic heterocycles. The fraction of sp³-hybridized carbons (Fsp3) is 0.263. The maximum atomic E-state index is 12.2. The van der Waals surface area contributed by atoms with Crippen molar-refractivity contribution in [3.8, 4) is 5.75 Å². The quantitative estimate of drug-likeness (QED) is 0.584. The molecular formula is C19H21N3O4S2. The molecule has 0 saturated carbocycles. The summed E-state index contributed by atoms with van der Waals surface area (Å²) >= 11 is 1.34. The molecule has 28 heavy (non-hydrogen) atoms. The molecule has 0 spiro atoms. The van der Waals surface area contributed by atoms with Crippen LogP contribution >= 0.6 is 11.3 Å². The lowest BCUT2D eigenvalue weighted by molar-refractivity contribution is -0.116. The number of sulfonamides is 1. The van der Waals surface area contributed by atoms with Crippen molar-refractivity contribution in [2.45, 2.75) is 25.2 Å². The first kappa shape index (κ1) is 20.2. The zero-order valence-corrected chi connectivity index (χ0v) is 17.2. The van der Waals surface area contributed by atoms with Crippen molar-refractivity contribution < 1.29 is 17.9 Å². The van der Waals surface area contributed by atoms with Gasteiger partial charge in [0, 0.05) is 13.0 Å². The zero-order chi connectivity index (χ0) is 20.1. The Balaban J connectivity index is 1.55. The summed E-state index contributed by atoms with van der Waals surface area (Å²) in [5.41, 5.74) is 1.74. The van der Waals surface area contributed by atoms with Crippen LogP contribution in [0.5, 0.6) is 5.75 Å². The van der Waals surface area contributed by atoms with Gasteiger partial charge in [-0.1, -0.05) is 29.0 Å². The second kappa shape index (κ2) is 8.68. The van der Waals surface area contributed by atoms with Crippen LogP contribution in [0.15, 0.2) is 47.4 Å². The van der Waals surface area contributed by atoms with E-state index in [1.165, 1.54) is 23.5 Å². The van der Waals surface area contributed by atoms with Crippen LogP contribution in [-0.4, -0.2) is 32.5 Å². The van der Waals surface area contributed by atoms with E-state index < -0.39 is 10.0 Å². The molecule has 1 amide bonds.